The van der Waals surface area contributed by atoms with E-state index >= 15 is 0 Å². The molecule has 1 unspecified atom stereocenters. The van der Waals surface area contributed by atoms with E-state index in [0.717, 1.165) is 12.8 Å². The van der Waals surface area contributed by atoms with Crippen molar-refractivity contribution in [1.82, 2.24) is 0 Å². The van der Waals surface area contributed by atoms with Gasteiger partial charge in [0, 0.05) is 13.7 Å². The second-order valence-electron chi connectivity index (χ2n) is 2.40. The van der Waals surface area contributed by atoms with E-state index in [1.165, 1.54) is 0 Å². The monoisotopic (exact) mass is 192 g/mol. The topological polar surface area (TPSA) is 18.5 Å². The maximum absolute atomic E-state index is 5.92. The Hall–Kier alpha value is -0.0500. The van der Waals surface area contributed by atoms with Gasteiger partial charge in [0.25, 0.3) is 0 Å². The first-order valence-electron chi connectivity index (χ1n) is 4.26. The normalized spacial score (nSPS) is 14.8. The van der Waals surface area contributed by atoms with Gasteiger partial charge in [0.1, 0.15) is 0 Å². The number of rotatable bonds is 6. The maximum Gasteiger partial charge on any atom is 0.193 e. The molecule has 0 aromatic heterocycles. The summed E-state index contributed by atoms with van der Waals surface area (Å²) in [5, 5.41) is 0.640. The first-order valence-corrected chi connectivity index (χ1v) is 4.64. The molecule has 0 aliphatic heterocycles. The van der Waals surface area contributed by atoms with Crippen LogP contribution in [0.2, 0.25) is 0 Å². The molecule has 0 heterocycles. The number of unbranched alkanes of at least 4 members (excludes halogenated alkanes) is 1. The zero-order valence-corrected chi connectivity index (χ0v) is 8.73. The molecule has 12 heavy (non-hydrogen) atoms. The van der Waals surface area contributed by atoms with Crippen molar-refractivity contribution >= 4 is 11.6 Å². The molecule has 0 spiro atoms. The summed E-state index contributed by atoms with van der Waals surface area (Å²) in [4.78, 5) is 0. The van der Waals surface area contributed by atoms with Crippen LogP contribution in [0, 0.1) is 0 Å². The lowest BCUT2D eigenvalue weighted by Crippen LogP contribution is -2.15. The Labute approximate surface area is 79.5 Å². The quantitative estimate of drug-likeness (QED) is 0.603. The molecule has 0 aliphatic carbocycles. The van der Waals surface area contributed by atoms with Crippen molar-refractivity contribution in [2.45, 2.75) is 33.0 Å². The number of halogens is 1. The van der Waals surface area contributed by atoms with Gasteiger partial charge in [-0.1, -0.05) is 31.0 Å². The summed E-state index contributed by atoms with van der Waals surface area (Å²) in [6, 6.07) is 0. The SMILES string of the molecule is CCC/C=C(/Cl)C(OC)OCC. The van der Waals surface area contributed by atoms with Crippen molar-refractivity contribution < 1.29 is 9.47 Å². The van der Waals surface area contributed by atoms with E-state index in [2.05, 4.69) is 6.92 Å². The number of ether oxygens (including phenoxy) is 2. The van der Waals surface area contributed by atoms with E-state index in [-0.39, 0.29) is 6.29 Å². The molecule has 1 atom stereocenters. The van der Waals surface area contributed by atoms with Crippen LogP contribution in [0.3, 0.4) is 0 Å². The predicted octanol–water partition coefficient (Wildman–Crippen LogP) is 2.92. The van der Waals surface area contributed by atoms with Crippen LogP contribution in [0.15, 0.2) is 11.1 Å². The summed E-state index contributed by atoms with van der Waals surface area (Å²) in [5.41, 5.74) is 0. The van der Waals surface area contributed by atoms with Gasteiger partial charge in [-0.3, -0.25) is 0 Å². The molecule has 0 amide bonds. The predicted molar refractivity (Wildman–Crippen MR) is 51.3 cm³/mol. The van der Waals surface area contributed by atoms with Crippen LogP contribution >= 0.6 is 11.6 Å². The molecule has 0 radical (unpaired) electrons. The van der Waals surface area contributed by atoms with Gasteiger partial charge in [-0.25, -0.2) is 0 Å². The number of allylic oxidation sites excluding steroid dienone is 1. The lowest BCUT2D eigenvalue weighted by Gasteiger charge is -2.13. The number of hydrogen-bond acceptors (Lipinski definition) is 2. The molecule has 0 fully saturated rings. The van der Waals surface area contributed by atoms with Crippen molar-refractivity contribution in [3.05, 3.63) is 11.1 Å². The molecule has 3 heteroatoms. The van der Waals surface area contributed by atoms with Crippen LogP contribution in [-0.4, -0.2) is 20.0 Å². The zero-order valence-electron chi connectivity index (χ0n) is 7.97. The fourth-order valence-corrected chi connectivity index (χ4v) is 1.05. The Bertz CT molecular complexity index is 134. The molecular formula is C9H17ClO2. The number of hydrogen-bond donors (Lipinski definition) is 0. The lowest BCUT2D eigenvalue weighted by atomic mass is 10.3. The van der Waals surface area contributed by atoms with Gasteiger partial charge < -0.3 is 9.47 Å². The second-order valence-corrected chi connectivity index (χ2v) is 2.84. The van der Waals surface area contributed by atoms with Crippen LogP contribution in [0.5, 0.6) is 0 Å². The zero-order chi connectivity index (χ0) is 9.40. The van der Waals surface area contributed by atoms with Crippen molar-refractivity contribution in [1.29, 1.82) is 0 Å². The lowest BCUT2D eigenvalue weighted by molar-refractivity contribution is -0.0893. The third-order valence-corrected chi connectivity index (χ3v) is 1.72. The summed E-state index contributed by atoms with van der Waals surface area (Å²) in [5.74, 6) is 0. The molecule has 0 aliphatic rings. The first kappa shape index (κ1) is 11.9. The van der Waals surface area contributed by atoms with Crippen LogP contribution in [0.25, 0.3) is 0 Å². The average Bonchev–Trinajstić information content (AvgIpc) is 2.10. The van der Waals surface area contributed by atoms with E-state index in [4.69, 9.17) is 21.1 Å². The molecule has 0 N–H and O–H groups in total. The van der Waals surface area contributed by atoms with Gasteiger partial charge in [0.15, 0.2) is 6.29 Å². The minimum atomic E-state index is -0.386. The highest BCUT2D eigenvalue weighted by Crippen LogP contribution is 2.13. The van der Waals surface area contributed by atoms with Gasteiger partial charge >= 0.3 is 0 Å². The van der Waals surface area contributed by atoms with Crippen LogP contribution in [0.4, 0.5) is 0 Å². The summed E-state index contributed by atoms with van der Waals surface area (Å²) in [6.07, 6.45) is 3.60. The Morgan fingerprint density at radius 2 is 2.17 bits per heavy atom. The summed E-state index contributed by atoms with van der Waals surface area (Å²) in [7, 11) is 1.59. The molecular weight excluding hydrogens is 176 g/mol. The highest BCUT2D eigenvalue weighted by molar-refractivity contribution is 6.30. The molecule has 0 aromatic rings. The van der Waals surface area contributed by atoms with E-state index in [1.807, 2.05) is 13.0 Å². The van der Waals surface area contributed by atoms with Gasteiger partial charge in [0.05, 0.1) is 5.03 Å². The summed E-state index contributed by atoms with van der Waals surface area (Å²) >= 11 is 5.92. The van der Waals surface area contributed by atoms with E-state index in [1.54, 1.807) is 7.11 Å². The fourth-order valence-electron chi connectivity index (χ4n) is 0.790. The third-order valence-electron chi connectivity index (χ3n) is 1.39. The highest BCUT2D eigenvalue weighted by atomic mass is 35.5. The second kappa shape index (κ2) is 7.59. The molecule has 72 valence electrons. The van der Waals surface area contributed by atoms with Crippen molar-refractivity contribution in [2.75, 3.05) is 13.7 Å². The van der Waals surface area contributed by atoms with E-state index in [9.17, 15) is 0 Å². The fraction of sp³-hybridized carbons (Fsp3) is 0.778. The molecule has 0 saturated carbocycles. The van der Waals surface area contributed by atoms with E-state index in [0.29, 0.717) is 11.6 Å². The molecule has 0 bridgehead atoms. The first-order chi connectivity index (χ1) is 5.76. The Morgan fingerprint density at radius 1 is 1.50 bits per heavy atom. The van der Waals surface area contributed by atoms with E-state index < -0.39 is 0 Å². The van der Waals surface area contributed by atoms with Gasteiger partial charge in [-0.15, -0.1) is 0 Å². The standard InChI is InChI=1S/C9H17ClO2/c1-4-6-7-8(10)9(11-3)12-5-2/h7,9H,4-6H2,1-3H3/b8-7+. The van der Waals surface area contributed by atoms with Gasteiger partial charge in [0.2, 0.25) is 0 Å². The maximum atomic E-state index is 5.92. The Morgan fingerprint density at radius 3 is 2.58 bits per heavy atom. The van der Waals surface area contributed by atoms with Crippen LogP contribution in [-0.2, 0) is 9.47 Å². The Kier molecular flexibility index (Phi) is 7.56. The molecule has 0 rings (SSSR count). The molecule has 0 saturated heterocycles. The van der Waals surface area contributed by atoms with Crippen LogP contribution < -0.4 is 0 Å². The molecule has 0 aromatic carbocycles. The van der Waals surface area contributed by atoms with Crippen molar-refractivity contribution in [3.63, 3.8) is 0 Å². The molecule has 2 nitrogen and oxygen atoms in total. The Balaban J connectivity index is 3.91. The third kappa shape index (κ3) is 4.75. The van der Waals surface area contributed by atoms with Gasteiger partial charge in [-0.2, -0.15) is 0 Å². The average molecular weight is 193 g/mol. The number of methoxy groups -OCH3 is 1. The minimum absolute atomic E-state index is 0.386. The smallest absolute Gasteiger partial charge is 0.193 e. The van der Waals surface area contributed by atoms with Gasteiger partial charge in [-0.05, 0) is 13.3 Å². The van der Waals surface area contributed by atoms with Crippen LogP contribution in [0.1, 0.15) is 26.7 Å². The highest BCUT2D eigenvalue weighted by Gasteiger charge is 2.09. The largest absolute Gasteiger partial charge is 0.351 e. The summed E-state index contributed by atoms with van der Waals surface area (Å²) < 4.78 is 10.3. The van der Waals surface area contributed by atoms with Crippen molar-refractivity contribution in [3.8, 4) is 0 Å². The summed E-state index contributed by atoms with van der Waals surface area (Å²) in [6.45, 7) is 4.62. The minimum Gasteiger partial charge on any atom is -0.351 e. The van der Waals surface area contributed by atoms with Crippen molar-refractivity contribution in [2.24, 2.45) is 0 Å².